The second-order valence-corrected chi connectivity index (χ2v) is 4.05. The molecule has 2 rings (SSSR count). The molecule has 1 N–H and O–H groups in total. The van der Waals surface area contributed by atoms with Crippen LogP contribution in [0.4, 0.5) is 0 Å². The van der Waals surface area contributed by atoms with E-state index in [1.54, 1.807) is 17.8 Å². The lowest BCUT2D eigenvalue weighted by molar-refractivity contribution is 0.194. The lowest BCUT2D eigenvalue weighted by Crippen LogP contribution is -1.98. The van der Waals surface area contributed by atoms with E-state index in [1.807, 2.05) is 19.9 Å². The molecule has 1 aromatic carbocycles. The molecule has 1 atom stereocenters. The minimum Gasteiger partial charge on any atom is -0.387 e. The summed E-state index contributed by atoms with van der Waals surface area (Å²) in [7, 11) is 0. The number of hydrogen-bond donors (Lipinski definition) is 1. The molecule has 1 heterocycles. The van der Waals surface area contributed by atoms with Gasteiger partial charge in [0.25, 0.3) is 0 Å². The third kappa shape index (κ3) is 1.97. The van der Waals surface area contributed by atoms with Crippen LogP contribution in [0.5, 0.6) is 0 Å². The first-order chi connectivity index (χ1) is 7.58. The lowest BCUT2D eigenvalue weighted by Gasteiger charge is -2.05. The summed E-state index contributed by atoms with van der Waals surface area (Å²) in [6, 6.07) is 6.16. The number of aryl methyl sites for hydroxylation is 2. The van der Waals surface area contributed by atoms with Crippen LogP contribution in [-0.4, -0.2) is 20.1 Å². The van der Waals surface area contributed by atoms with Gasteiger partial charge in [-0.1, -0.05) is 17.3 Å². The van der Waals surface area contributed by atoms with Gasteiger partial charge in [-0.2, -0.15) is 0 Å². The van der Waals surface area contributed by atoms with E-state index >= 15 is 0 Å². The Morgan fingerprint density at radius 3 is 2.69 bits per heavy atom. The van der Waals surface area contributed by atoms with Gasteiger partial charge in [-0.05, 0) is 38.0 Å². The lowest BCUT2D eigenvalue weighted by atomic mass is 10.1. The van der Waals surface area contributed by atoms with Crippen molar-refractivity contribution in [3.05, 3.63) is 41.2 Å². The number of aromatic nitrogens is 3. The van der Waals surface area contributed by atoms with Crippen molar-refractivity contribution in [1.82, 2.24) is 15.0 Å². The van der Waals surface area contributed by atoms with Gasteiger partial charge in [0.1, 0.15) is 5.69 Å². The Kier molecular flexibility index (Phi) is 2.75. The van der Waals surface area contributed by atoms with E-state index in [2.05, 4.69) is 22.4 Å². The molecule has 1 unspecified atom stereocenters. The molecule has 0 fully saturated rings. The van der Waals surface area contributed by atoms with Gasteiger partial charge in [-0.15, -0.1) is 5.10 Å². The SMILES string of the molecule is Cc1ccc(C)c(-n2cc(C(C)O)nn2)c1. The van der Waals surface area contributed by atoms with Crippen LogP contribution in [0, 0.1) is 13.8 Å². The minimum atomic E-state index is -0.584. The molecular weight excluding hydrogens is 202 g/mol. The molecule has 0 aliphatic carbocycles. The predicted molar refractivity (Wildman–Crippen MR) is 61.5 cm³/mol. The summed E-state index contributed by atoms with van der Waals surface area (Å²) < 4.78 is 1.70. The molecule has 0 aliphatic heterocycles. The largest absolute Gasteiger partial charge is 0.387 e. The Hall–Kier alpha value is -1.68. The topological polar surface area (TPSA) is 50.9 Å². The molecule has 0 saturated heterocycles. The van der Waals surface area contributed by atoms with E-state index in [0.717, 1.165) is 11.3 Å². The van der Waals surface area contributed by atoms with E-state index < -0.39 is 6.10 Å². The van der Waals surface area contributed by atoms with Crippen molar-refractivity contribution in [2.24, 2.45) is 0 Å². The standard InChI is InChI=1S/C12H15N3O/c1-8-4-5-9(2)12(6-8)15-7-11(10(3)16)13-14-15/h4-7,10,16H,1-3H3. The highest BCUT2D eigenvalue weighted by Gasteiger charge is 2.08. The number of hydrogen-bond acceptors (Lipinski definition) is 3. The van der Waals surface area contributed by atoms with Gasteiger partial charge in [0.2, 0.25) is 0 Å². The Morgan fingerprint density at radius 1 is 1.31 bits per heavy atom. The average Bonchev–Trinajstić information content (AvgIpc) is 2.70. The molecular formula is C12H15N3O. The molecule has 0 amide bonds. The molecule has 0 radical (unpaired) electrons. The molecule has 0 bridgehead atoms. The maximum Gasteiger partial charge on any atom is 0.111 e. The highest BCUT2D eigenvalue weighted by Crippen LogP contribution is 2.16. The zero-order valence-electron chi connectivity index (χ0n) is 9.68. The van der Waals surface area contributed by atoms with Crippen LogP contribution in [0.2, 0.25) is 0 Å². The predicted octanol–water partition coefficient (Wildman–Crippen LogP) is 1.94. The summed E-state index contributed by atoms with van der Waals surface area (Å²) in [5.74, 6) is 0. The smallest absolute Gasteiger partial charge is 0.111 e. The van der Waals surface area contributed by atoms with Gasteiger partial charge in [-0.3, -0.25) is 0 Å². The Bertz CT molecular complexity index is 503. The summed E-state index contributed by atoms with van der Waals surface area (Å²) in [5, 5.41) is 17.3. The third-order valence-electron chi connectivity index (χ3n) is 2.55. The first-order valence-electron chi connectivity index (χ1n) is 5.26. The number of nitrogens with zero attached hydrogens (tertiary/aromatic N) is 3. The fourth-order valence-corrected chi connectivity index (χ4v) is 1.55. The number of rotatable bonds is 2. The molecule has 4 heteroatoms. The average molecular weight is 217 g/mol. The Balaban J connectivity index is 2.46. The summed E-state index contributed by atoms with van der Waals surface area (Å²) >= 11 is 0. The highest BCUT2D eigenvalue weighted by atomic mass is 16.3. The van der Waals surface area contributed by atoms with Crippen molar-refractivity contribution in [1.29, 1.82) is 0 Å². The van der Waals surface area contributed by atoms with E-state index in [4.69, 9.17) is 0 Å². The van der Waals surface area contributed by atoms with Gasteiger partial charge in [0, 0.05) is 0 Å². The van der Waals surface area contributed by atoms with Gasteiger partial charge in [0.05, 0.1) is 18.0 Å². The van der Waals surface area contributed by atoms with Crippen molar-refractivity contribution < 1.29 is 5.11 Å². The van der Waals surface area contributed by atoms with E-state index in [9.17, 15) is 5.11 Å². The zero-order valence-corrected chi connectivity index (χ0v) is 9.68. The van der Waals surface area contributed by atoms with E-state index in [1.165, 1.54) is 5.56 Å². The number of aliphatic hydroxyl groups is 1. The first-order valence-corrected chi connectivity index (χ1v) is 5.26. The third-order valence-corrected chi connectivity index (χ3v) is 2.55. The second kappa shape index (κ2) is 4.06. The van der Waals surface area contributed by atoms with Crippen molar-refractivity contribution in [2.75, 3.05) is 0 Å². The molecule has 4 nitrogen and oxygen atoms in total. The van der Waals surface area contributed by atoms with Gasteiger partial charge in [-0.25, -0.2) is 4.68 Å². The zero-order chi connectivity index (χ0) is 11.7. The van der Waals surface area contributed by atoms with Crippen LogP contribution >= 0.6 is 0 Å². The molecule has 0 saturated carbocycles. The van der Waals surface area contributed by atoms with Crippen molar-refractivity contribution >= 4 is 0 Å². The van der Waals surface area contributed by atoms with Crippen LogP contribution in [-0.2, 0) is 0 Å². The minimum absolute atomic E-state index is 0.584. The quantitative estimate of drug-likeness (QED) is 0.836. The summed E-state index contributed by atoms with van der Waals surface area (Å²) in [6.45, 7) is 5.74. The van der Waals surface area contributed by atoms with Crippen LogP contribution in [0.1, 0.15) is 29.8 Å². The second-order valence-electron chi connectivity index (χ2n) is 4.05. The van der Waals surface area contributed by atoms with Crippen molar-refractivity contribution in [2.45, 2.75) is 26.9 Å². The van der Waals surface area contributed by atoms with Crippen LogP contribution < -0.4 is 0 Å². The maximum atomic E-state index is 9.39. The monoisotopic (exact) mass is 217 g/mol. The fourth-order valence-electron chi connectivity index (χ4n) is 1.55. The Morgan fingerprint density at radius 2 is 2.06 bits per heavy atom. The summed E-state index contributed by atoms with van der Waals surface area (Å²) in [4.78, 5) is 0. The fraction of sp³-hybridized carbons (Fsp3) is 0.333. The van der Waals surface area contributed by atoms with Gasteiger partial charge in [0.15, 0.2) is 0 Å². The Labute approximate surface area is 94.5 Å². The molecule has 2 aromatic rings. The number of benzene rings is 1. The molecule has 0 spiro atoms. The molecule has 1 aromatic heterocycles. The molecule has 16 heavy (non-hydrogen) atoms. The molecule has 0 aliphatic rings. The van der Waals surface area contributed by atoms with E-state index in [0.29, 0.717) is 5.69 Å². The van der Waals surface area contributed by atoms with Crippen molar-refractivity contribution in [3.63, 3.8) is 0 Å². The van der Waals surface area contributed by atoms with Crippen LogP contribution in [0.25, 0.3) is 5.69 Å². The van der Waals surface area contributed by atoms with Gasteiger partial charge >= 0.3 is 0 Å². The van der Waals surface area contributed by atoms with E-state index in [-0.39, 0.29) is 0 Å². The summed E-state index contributed by atoms with van der Waals surface area (Å²) in [5.41, 5.74) is 3.89. The van der Waals surface area contributed by atoms with Gasteiger partial charge < -0.3 is 5.11 Å². The van der Waals surface area contributed by atoms with Crippen molar-refractivity contribution in [3.8, 4) is 5.69 Å². The normalized spacial score (nSPS) is 12.8. The maximum absolute atomic E-state index is 9.39. The molecule has 84 valence electrons. The highest BCUT2D eigenvalue weighted by molar-refractivity contribution is 5.42. The van der Waals surface area contributed by atoms with Crippen LogP contribution in [0.15, 0.2) is 24.4 Å². The van der Waals surface area contributed by atoms with Crippen LogP contribution in [0.3, 0.4) is 0 Å². The number of aliphatic hydroxyl groups excluding tert-OH is 1. The first kappa shape index (κ1) is 10.8. The summed E-state index contributed by atoms with van der Waals surface area (Å²) in [6.07, 6.45) is 1.17.